The Balaban J connectivity index is 1.57. The molecular weight excluding hydrogens is 338 g/mol. The fourth-order valence-corrected chi connectivity index (χ4v) is 4.68. The molecule has 4 rings (SSSR count). The zero-order valence-electron chi connectivity index (χ0n) is 16.8. The van der Waals surface area contributed by atoms with Crippen molar-refractivity contribution in [1.29, 1.82) is 0 Å². The van der Waals surface area contributed by atoms with Crippen LogP contribution in [0.4, 0.5) is 5.69 Å². The van der Waals surface area contributed by atoms with Crippen LogP contribution in [-0.2, 0) is 10.2 Å². The zero-order chi connectivity index (χ0) is 19.2. The monoisotopic (exact) mass is 369 g/mol. The van der Waals surface area contributed by atoms with Crippen molar-refractivity contribution in [3.63, 3.8) is 0 Å². The number of carbonyl (C=O) groups is 2. The van der Waals surface area contributed by atoms with Crippen LogP contribution in [0, 0.1) is 11.8 Å². The van der Waals surface area contributed by atoms with Crippen LogP contribution in [0.25, 0.3) is 0 Å². The first-order chi connectivity index (χ1) is 12.9. The summed E-state index contributed by atoms with van der Waals surface area (Å²) in [6.45, 7) is 8.20. The van der Waals surface area contributed by atoms with Gasteiger partial charge in [0.05, 0.1) is 5.41 Å². The Hall–Kier alpha value is -1.88. The fourth-order valence-electron chi connectivity index (χ4n) is 4.68. The van der Waals surface area contributed by atoms with E-state index >= 15 is 0 Å². The lowest BCUT2D eigenvalue weighted by molar-refractivity contribution is -0.124. The fraction of sp³-hybridized carbons (Fsp3) is 0.636. The van der Waals surface area contributed by atoms with E-state index in [0.29, 0.717) is 17.4 Å². The van der Waals surface area contributed by atoms with Crippen molar-refractivity contribution in [2.75, 3.05) is 38.1 Å². The maximum Gasteiger partial charge on any atom is 0.251 e. The number of anilines is 1. The molecular formula is C22H31N3O2. The van der Waals surface area contributed by atoms with E-state index in [1.807, 2.05) is 25.2 Å². The summed E-state index contributed by atoms with van der Waals surface area (Å²) in [7, 11) is 1.86. The molecule has 1 aromatic rings. The molecule has 2 heterocycles. The molecule has 1 spiro atoms. The molecule has 1 saturated heterocycles. The van der Waals surface area contributed by atoms with Crippen molar-refractivity contribution in [3.8, 4) is 0 Å². The lowest BCUT2D eigenvalue weighted by atomic mass is 9.73. The van der Waals surface area contributed by atoms with Gasteiger partial charge in [-0.25, -0.2) is 0 Å². The van der Waals surface area contributed by atoms with Gasteiger partial charge in [0.1, 0.15) is 0 Å². The molecule has 1 N–H and O–H groups in total. The molecule has 3 aliphatic rings. The van der Waals surface area contributed by atoms with Gasteiger partial charge in [-0.2, -0.15) is 0 Å². The maximum absolute atomic E-state index is 13.2. The summed E-state index contributed by atoms with van der Waals surface area (Å²) in [5.74, 6) is 1.47. The first-order valence-electron chi connectivity index (χ1n) is 10.3. The van der Waals surface area contributed by atoms with E-state index in [2.05, 4.69) is 24.1 Å². The summed E-state index contributed by atoms with van der Waals surface area (Å²) in [4.78, 5) is 30.0. The third kappa shape index (κ3) is 3.38. The summed E-state index contributed by atoms with van der Waals surface area (Å²) in [5, 5.41) is 3.05. The molecule has 2 aliphatic heterocycles. The number of likely N-dealkylation sites (tertiary alicyclic amines) is 1. The highest BCUT2D eigenvalue weighted by Gasteiger charge is 2.51. The average Bonchev–Trinajstić information content (AvgIpc) is 3.46. The molecule has 27 heavy (non-hydrogen) atoms. The molecule has 0 atom stereocenters. The van der Waals surface area contributed by atoms with Crippen LogP contribution in [0.5, 0.6) is 0 Å². The summed E-state index contributed by atoms with van der Waals surface area (Å²) >= 11 is 0. The van der Waals surface area contributed by atoms with Gasteiger partial charge in [-0.1, -0.05) is 13.8 Å². The summed E-state index contributed by atoms with van der Waals surface area (Å²) in [6, 6.07) is 5.79. The van der Waals surface area contributed by atoms with Crippen LogP contribution >= 0.6 is 0 Å². The highest BCUT2D eigenvalue weighted by Crippen LogP contribution is 2.47. The second kappa shape index (κ2) is 6.93. The van der Waals surface area contributed by atoms with E-state index in [0.717, 1.165) is 50.3 Å². The number of amides is 2. The van der Waals surface area contributed by atoms with E-state index in [4.69, 9.17) is 0 Å². The third-order valence-corrected chi connectivity index (χ3v) is 6.43. The molecule has 1 aromatic carbocycles. The minimum Gasteiger partial charge on any atom is -0.352 e. The van der Waals surface area contributed by atoms with Gasteiger partial charge in [-0.05, 0) is 74.4 Å². The number of rotatable bonds is 5. The van der Waals surface area contributed by atoms with Crippen LogP contribution in [0.1, 0.15) is 55.5 Å². The van der Waals surface area contributed by atoms with Crippen LogP contribution in [0.3, 0.4) is 0 Å². The SMILES string of the molecule is CC(C)CN1CCC2(CC1)C(=O)N(C)c1ccc(C(=O)NCC3CC3)cc12. The summed E-state index contributed by atoms with van der Waals surface area (Å²) in [5.41, 5.74) is 2.25. The smallest absolute Gasteiger partial charge is 0.251 e. The molecule has 0 bridgehead atoms. The van der Waals surface area contributed by atoms with E-state index in [1.165, 1.54) is 12.8 Å². The van der Waals surface area contributed by atoms with Gasteiger partial charge in [-0.3, -0.25) is 9.59 Å². The van der Waals surface area contributed by atoms with Crippen molar-refractivity contribution >= 4 is 17.5 Å². The van der Waals surface area contributed by atoms with Crippen molar-refractivity contribution in [3.05, 3.63) is 29.3 Å². The quantitative estimate of drug-likeness (QED) is 0.868. The molecule has 2 fully saturated rings. The summed E-state index contributed by atoms with van der Waals surface area (Å²) < 4.78 is 0. The Morgan fingerprint density at radius 2 is 1.96 bits per heavy atom. The Morgan fingerprint density at radius 3 is 2.59 bits per heavy atom. The number of carbonyl (C=O) groups excluding carboxylic acids is 2. The van der Waals surface area contributed by atoms with Crippen LogP contribution in [0.2, 0.25) is 0 Å². The number of likely N-dealkylation sites (N-methyl/N-ethyl adjacent to an activating group) is 1. The molecule has 1 saturated carbocycles. The zero-order valence-corrected chi connectivity index (χ0v) is 16.8. The minimum absolute atomic E-state index is 0.0147. The molecule has 0 aromatic heterocycles. The van der Waals surface area contributed by atoms with Gasteiger partial charge in [-0.15, -0.1) is 0 Å². The van der Waals surface area contributed by atoms with E-state index in [1.54, 1.807) is 4.90 Å². The molecule has 5 heteroatoms. The van der Waals surface area contributed by atoms with E-state index in [9.17, 15) is 9.59 Å². The van der Waals surface area contributed by atoms with Crippen LogP contribution < -0.4 is 10.2 Å². The number of hydrogen-bond acceptors (Lipinski definition) is 3. The number of benzene rings is 1. The number of piperidine rings is 1. The number of fused-ring (bicyclic) bond motifs is 2. The minimum atomic E-state index is -0.454. The Kier molecular flexibility index (Phi) is 4.75. The predicted octanol–water partition coefficient (Wildman–Crippen LogP) is 2.79. The average molecular weight is 370 g/mol. The van der Waals surface area contributed by atoms with Crippen molar-refractivity contribution < 1.29 is 9.59 Å². The van der Waals surface area contributed by atoms with Gasteiger partial charge in [0, 0.05) is 31.4 Å². The second-order valence-corrected chi connectivity index (χ2v) is 9.03. The molecule has 146 valence electrons. The number of nitrogens with one attached hydrogen (secondary N) is 1. The summed E-state index contributed by atoms with van der Waals surface area (Å²) in [6.07, 6.45) is 4.12. The Labute approximate surface area is 162 Å². The van der Waals surface area contributed by atoms with Crippen LogP contribution in [0.15, 0.2) is 18.2 Å². The normalized spacial score (nSPS) is 21.8. The molecule has 1 aliphatic carbocycles. The molecule has 2 amide bonds. The Bertz CT molecular complexity index is 746. The highest BCUT2D eigenvalue weighted by molar-refractivity contribution is 6.09. The van der Waals surface area contributed by atoms with Crippen molar-refractivity contribution in [1.82, 2.24) is 10.2 Å². The van der Waals surface area contributed by atoms with Gasteiger partial charge < -0.3 is 15.1 Å². The second-order valence-electron chi connectivity index (χ2n) is 9.03. The first kappa shape index (κ1) is 18.5. The van der Waals surface area contributed by atoms with Crippen molar-refractivity contribution in [2.24, 2.45) is 11.8 Å². The lowest BCUT2D eigenvalue weighted by Gasteiger charge is -2.39. The lowest BCUT2D eigenvalue weighted by Crippen LogP contribution is -2.48. The van der Waals surface area contributed by atoms with Gasteiger partial charge >= 0.3 is 0 Å². The van der Waals surface area contributed by atoms with Gasteiger partial charge in [0.25, 0.3) is 5.91 Å². The van der Waals surface area contributed by atoms with Gasteiger partial charge in [0.15, 0.2) is 0 Å². The Morgan fingerprint density at radius 1 is 1.26 bits per heavy atom. The van der Waals surface area contributed by atoms with E-state index in [-0.39, 0.29) is 11.8 Å². The highest BCUT2D eigenvalue weighted by atomic mass is 16.2. The van der Waals surface area contributed by atoms with E-state index < -0.39 is 5.41 Å². The standard InChI is InChI=1S/C22H31N3O2/c1-15(2)14-25-10-8-22(9-11-25)18-12-17(20(26)23-13-16-4-5-16)6-7-19(18)24(3)21(22)27/h6-7,12,15-16H,4-5,8-11,13-14H2,1-3H3,(H,23,26). The topological polar surface area (TPSA) is 52.7 Å². The predicted molar refractivity (Wildman–Crippen MR) is 107 cm³/mol. The maximum atomic E-state index is 13.2. The molecule has 5 nitrogen and oxygen atoms in total. The molecule has 0 radical (unpaired) electrons. The number of hydrogen-bond donors (Lipinski definition) is 1. The van der Waals surface area contributed by atoms with Crippen LogP contribution in [-0.4, -0.2) is 49.9 Å². The third-order valence-electron chi connectivity index (χ3n) is 6.43. The molecule has 0 unspecified atom stereocenters. The first-order valence-corrected chi connectivity index (χ1v) is 10.3. The van der Waals surface area contributed by atoms with Crippen molar-refractivity contribution in [2.45, 2.75) is 44.9 Å². The number of nitrogens with zero attached hydrogens (tertiary/aromatic N) is 2. The largest absolute Gasteiger partial charge is 0.352 e. The van der Waals surface area contributed by atoms with Gasteiger partial charge in [0.2, 0.25) is 5.91 Å².